The molecular weight excluding hydrogens is 717 g/mol. The minimum atomic E-state index is -0.230. The van der Waals surface area contributed by atoms with Crippen molar-refractivity contribution >= 4 is 81.1 Å². The van der Waals surface area contributed by atoms with Gasteiger partial charge in [0, 0.05) is 42.6 Å². The lowest BCUT2D eigenvalue weighted by Crippen LogP contribution is -2.45. The predicted octanol–water partition coefficient (Wildman–Crippen LogP) is 13.1. The fourth-order valence-corrected chi connectivity index (χ4v) is 10.1. The summed E-state index contributed by atoms with van der Waals surface area (Å²) in [5, 5.41) is 14.6. The van der Waals surface area contributed by atoms with E-state index >= 15 is 0 Å². The first-order valence-corrected chi connectivity index (χ1v) is 20.2. The molecule has 0 spiro atoms. The molecule has 2 atom stereocenters. The molecule has 270 valence electrons. The smallest absolute Gasteiger partial charge is 0.146 e. The standard InChI is InChI=1S/C51H34N4OS/c1-3-14-31(15-4-1)49-52-50(32-16-5-2-6-17-32)54-51(53-49)41-24-12-22-39-38-21-11-20-34(46(38)56-47(39)41)33-28-29-37-40-23-13-27-44(48(40)57-45(37)30-33)55-42-25-9-7-18-35(42)36-19-8-10-26-43(36)55/h1-30,49-50,52H,(H,53,54). The highest BCUT2D eigenvalue weighted by Gasteiger charge is 2.27. The van der Waals surface area contributed by atoms with E-state index in [1.807, 2.05) is 23.5 Å². The van der Waals surface area contributed by atoms with Gasteiger partial charge < -0.3 is 14.3 Å². The molecule has 12 rings (SSSR count). The van der Waals surface area contributed by atoms with Crippen molar-refractivity contribution in [3.63, 3.8) is 0 Å². The Morgan fingerprint density at radius 2 is 1.11 bits per heavy atom. The zero-order valence-corrected chi connectivity index (χ0v) is 31.5. The number of aliphatic imine (C=N–C) groups is 1. The largest absolute Gasteiger partial charge is 0.455 e. The average Bonchev–Trinajstić information content (AvgIpc) is 3.96. The highest BCUT2D eigenvalue weighted by molar-refractivity contribution is 7.26. The summed E-state index contributed by atoms with van der Waals surface area (Å²) < 4.78 is 11.9. The third-order valence-corrected chi connectivity index (χ3v) is 12.7. The summed E-state index contributed by atoms with van der Waals surface area (Å²) in [6.45, 7) is 0. The van der Waals surface area contributed by atoms with E-state index in [4.69, 9.17) is 9.41 Å². The van der Waals surface area contributed by atoms with Crippen molar-refractivity contribution in [3.8, 4) is 16.8 Å². The van der Waals surface area contributed by atoms with Crippen molar-refractivity contribution in [2.45, 2.75) is 12.3 Å². The summed E-state index contributed by atoms with van der Waals surface area (Å²) in [5.41, 5.74) is 10.7. The molecule has 0 amide bonds. The zero-order valence-electron chi connectivity index (χ0n) is 30.7. The van der Waals surface area contributed by atoms with E-state index in [0.717, 1.165) is 55.6 Å². The van der Waals surface area contributed by atoms with Crippen LogP contribution < -0.4 is 10.6 Å². The average molecular weight is 751 g/mol. The minimum Gasteiger partial charge on any atom is -0.455 e. The Morgan fingerprint density at radius 3 is 1.84 bits per heavy atom. The Morgan fingerprint density at radius 1 is 0.509 bits per heavy atom. The number of para-hydroxylation sites is 4. The summed E-state index contributed by atoms with van der Waals surface area (Å²) in [5.74, 6) is 0.799. The van der Waals surface area contributed by atoms with Crippen molar-refractivity contribution in [1.82, 2.24) is 15.2 Å². The van der Waals surface area contributed by atoms with Gasteiger partial charge in [0.15, 0.2) is 0 Å². The van der Waals surface area contributed by atoms with Gasteiger partial charge in [-0.25, -0.2) is 4.99 Å². The van der Waals surface area contributed by atoms with Crippen LogP contribution in [-0.2, 0) is 0 Å². The maximum atomic E-state index is 6.98. The van der Waals surface area contributed by atoms with Crippen LogP contribution in [0.1, 0.15) is 29.0 Å². The lowest BCUT2D eigenvalue weighted by atomic mass is 10.0. The number of fused-ring (bicyclic) bond motifs is 9. The topological polar surface area (TPSA) is 54.5 Å². The van der Waals surface area contributed by atoms with Crippen LogP contribution in [0.2, 0.25) is 0 Å². The molecule has 0 saturated carbocycles. The lowest BCUT2D eigenvalue weighted by Gasteiger charge is -2.32. The van der Waals surface area contributed by atoms with Crippen LogP contribution in [0.5, 0.6) is 0 Å². The fourth-order valence-electron chi connectivity index (χ4n) is 8.86. The Balaban J connectivity index is 0.995. The number of furan rings is 1. The quantitative estimate of drug-likeness (QED) is 0.184. The number of hydrogen-bond acceptors (Lipinski definition) is 5. The summed E-state index contributed by atoms with van der Waals surface area (Å²) >= 11 is 1.86. The highest BCUT2D eigenvalue weighted by Crippen LogP contribution is 2.44. The molecule has 1 aliphatic heterocycles. The molecule has 0 bridgehead atoms. The van der Waals surface area contributed by atoms with Gasteiger partial charge in [0.25, 0.3) is 0 Å². The molecule has 5 nitrogen and oxygen atoms in total. The van der Waals surface area contributed by atoms with Crippen molar-refractivity contribution in [2.75, 3.05) is 0 Å². The maximum Gasteiger partial charge on any atom is 0.146 e. The number of nitrogens with one attached hydrogen (secondary N) is 2. The SMILES string of the molecule is c1ccc(C2N=C(c3cccc4c3oc3c(-c5ccc6c(c5)sc5c(-n7c8ccccc8c8ccccc87)cccc56)cccc34)NC(c3ccccc3)N2)cc1. The van der Waals surface area contributed by atoms with Gasteiger partial charge in [-0.3, -0.25) is 5.32 Å². The maximum absolute atomic E-state index is 6.98. The van der Waals surface area contributed by atoms with Gasteiger partial charge in [0.2, 0.25) is 0 Å². The number of rotatable bonds is 5. The first-order chi connectivity index (χ1) is 28.3. The molecule has 0 saturated heterocycles. The van der Waals surface area contributed by atoms with Crippen LogP contribution in [0.4, 0.5) is 0 Å². The number of aromatic nitrogens is 1. The molecule has 0 radical (unpaired) electrons. The van der Waals surface area contributed by atoms with Crippen LogP contribution in [0.25, 0.3) is 80.7 Å². The zero-order chi connectivity index (χ0) is 37.5. The molecular formula is C51H34N4OS. The van der Waals surface area contributed by atoms with Gasteiger partial charge in [0.05, 0.1) is 27.0 Å². The Hall–Kier alpha value is -6.99. The van der Waals surface area contributed by atoms with Crippen LogP contribution in [-0.4, -0.2) is 10.4 Å². The van der Waals surface area contributed by atoms with E-state index in [0.29, 0.717) is 0 Å². The van der Waals surface area contributed by atoms with E-state index < -0.39 is 0 Å². The highest BCUT2D eigenvalue weighted by atomic mass is 32.1. The predicted molar refractivity (Wildman–Crippen MR) is 238 cm³/mol. The van der Waals surface area contributed by atoms with Crippen molar-refractivity contribution < 1.29 is 4.42 Å². The van der Waals surface area contributed by atoms with Crippen LogP contribution >= 0.6 is 11.3 Å². The second kappa shape index (κ2) is 12.8. The Bertz CT molecular complexity index is 3320. The van der Waals surface area contributed by atoms with Crippen LogP contribution in [0.3, 0.4) is 0 Å². The van der Waals surface area contributed by atoms with Gasteiger partial charge in [-0.2, -0.15) is 0 Å². The van der Waals surface area contributed by atoms with Gasteiger partial charge >= 0.3 is 0 Å². The first-order valence-electron chi connectivity index (χ1n) is 19.4. The fraction of sp³-hybridized carbons (Fsp3) is 0.0392. The van der Waals surface area contributed by atoms with Crippen LogP contribution in [0, 0.1) is 0 Å². The summed E-state index contributed by atoms with van der Waals surface area (Å²) in [6.07, 6.45) is -0.367. The van der Waals surface area contributed by atoms with E-state index in [2.05, 4.69) is 185 Å². The summed E-state index contributed by atoms with van der Waals surface area (Å²) in [4.78, 5) is 5.25. The van der Waals surface area contributed by atoms with E-state index in [9.17, 15) is 0 Å². The number of benzene rings is 8. The minimum absolute atomic E-state index is 0.136. The van der Waals surface area contributed by atoms with Gasteiger partial charge in [-0.1, -0.05) is 152 Å². The molecule has 8 aromatic carbocycles. The molecule has 1 aliphatic rings. The number of amidine groups is 1. The van der Waals surface area contributed by atoms with Crippen molar-refractivity contribution in [2.24, 2.45) is 4.99 Å². The number of nitrogens with zero attached hydrogens (tertiary/aromatic N) is 2. The molecule has 0 aliphatic carbocycles. The second-order valence-corrected chi connectivity index (χ2v) is 15.8. The van der Waals surface area contributed by atoms with Gasteiger partial charge in [0.1, 0.15) is 29.3 Å². The molecule has 2 N–H and O–H groups in total. The molecule has 3 aromatic heterocycles. The molecule has 11 aromatic rings. The summed E-state index contributed by atoms with van der Waals surface area (Å²) in [6, 6.07) is 64.8. The first kappa shape index (κ1) is 32.3. The Kier molecular flexibility index (Phi) is 7.24. The van der Waals surface area contributed by atoms with Crippen LogP contribution in [0.15, 0.2) is 191 Å². The van der Waals surface area contributed by atoms with E-state index in [1.165, 1.54) is 47.7 Å². The summed E-state index contributed by atoms with van der Waals surface area (Å²) in [7, 11) is 0. The molecule has 57 heavy (non-hydrogen) atoms. The van der Waals surface area contributed by atoms with Gasteiger partial charge in [-0.15, -0.1) is 11.3 Å². The number of thiophene rings is 1. The molecule has 6 heteroatoms. The molecule has 4 heterocycles. The third kappa shape index (κ3) is 5.08. The second-order valence-electron chi connectivity index (χ2n) is 14.7. The van der Waals surface area contributed by atoms with E-state index in [1.54, 1.807) is 0 Å². The van der Waals surface area contributed by atoms with Crippen molar-refractivity contribution in [3.05, 3.63) is 199 Å². The Labute approximate surface area is 332 Å². The number of hydrogen-bond donors (Lipinski definition) is 2. The molecule has 2 unspecified atom stereocenters. The van der Waals surface area contributed by atoms with Crippen molar-refractivity contribution in [1.29, 1.82) is 0 Å². The lowest BCUT2D eigenvalue weighted by molar-refractivity contribution is 0.409. The normalized spacial score (nSPS) is 15.9. The molecule has 0 fully saturated rings. The monoisotopic (exact) mass is 750 g/mol. The third-order valence-electron chi connectivity index (χ3n) is 11.5. The van der Waals surface area contributed by atoms with E-state index in [-0.39, 0.29) is 12.3 Å². The van der Waals surface area contributed by atoms with Gasteiger partial charge in [-0.05, 0) is 47.0 Å².